The highest BCUT2D eigenvalue weighted by atomic mass is 32.2. The van der Waals surface area contributed by atoms with Crippen LogP contribution in [0.25, 0.3) is 0 Å². The zero-order valence-electron chi connectivity index (χ0n) is 10.4. The second-order valence-corrected chi connectivity index (χ2v) is 5.43. The summed E-state index contributed by atoms with van der Waals surface area (Å²) in [5, 5.41) is 10.9. The lowest BCUT2D eigenvalue weighted by Gasteiger charge is -2.28. The summed E-state index contributed by atoms with van der Waals surface area (Å²) in [6, 6.07) is 8.31. The van der Waals surface area contributed by atoms with Gasteiger partial charge in [0.15, 0.2) is 0 Å². The van der Waals surface area contributed by atoms with Crippen molar-refractivity contribution in [3.63, 3.8) is 0 Å². The Morgan fingerprint density at radius 3 is 3.00 bits per heavy atom. The molecule has 0 saturated heterocycles. The number of hydrogen-bond donors (Lipinski definition) is 1. The molecule has 1 N–H and O–H groups in total. The molecule has 0 saturated carbocycles. The summed E-state index contributed by atoms with van der Waals surface area (Å²) in [5.74, 6) is 0.567. The molecule has 0 spiro atoms. The summed E-state index contributed by atoms with van der Waals surface area (Å²) >= 11 is 1.41. The lowest BCUT2D eigenvalue weighted by atomic mass is 10.00. The average Bonchev–Trinajstić information content (AvgIpc) is 2.97. The predicted octanol–water partition coefficient (Wildman–Crippen LogP) is 1.48. The Balaban J connectivity index is 1.60. The maximum absolute atomic E-state index is 12.1. The molecular weight excluding hydrogens is 260 g/mol. The van der Waals surface area contributed by atoms with E-state index in [2.05, 4.69) is 33.6 Å². The van der Waals surface area contributed by atoms with Crippen molar-refractivity contribution in [2.45, 2.75) is 18.0 Å². The Kier molecular flexibility index (Phi) is 3.50. The van der Waals surface area contributed by atoms with E-state index in [1.54, 1.807) is 6.20 Å². The molecule has 6 heteroatoms. The molecule has 5 nitrogen and oxygen atoms in total. The number of aromatic nitrogens is 3. The molecule has 1 aromatic heterocycles. The van der Waals surface area contributed by atoms with Crippen LogP contribution in [0.5, 0.6) is 0 Å². The summed E-state index contributed by atoms with van der Waals surface area (Å²) in [4.78, 5) is 14.1. The minimum absolute atomic E-state index is 0.155. The Morgan fingerprint density at radius 1 is 1.37 bits per heavy atom. The Bertz CT molecular complexity index is 570. The molecule has 0 bridgehead atoms. The topological polar surface area (TPSA) is 61.9 Å². The van der Waals surface area contributed by atoms with Crippen LogP contribution in [-0.2, 0) is 17.8 Å². The summed E-state index contributed by atoms with van der Waals surface area (Å²) in [7, 11) is 0. The van der Waals surface area contributed by atoms with E-state index in [9.17, 15) is 4.79 Å². The number of nitrogens with zero attached hydrogens (tertiary/aromatic N) is 3. The third-order valence-electron chi connectivity index (χ3n) is 3.22. The van der Waals surface area contributed by atoms with Crippen molar-refractivity contribution in [2.75, 3.05) is 12.3 Å². The standard InChI is InChI=1S/C13H14N4OS/c18-13(9-19-12-7-14-16-15-12)17-6-5-10-3-1-2-4-11(10)8-17/h1-4,7H,5-6,8-9H2,(H,14,15,16). The lowest BCUT2D eigenvalue weighted by molar-refractivity contribution is -0.129. The molecule has 1 amide bonds. The zero-order valence-corrected chi connectivity index (χ0v) is 11.2. The molecule has 2 aromatic rings. The first kappa shape index (κ1) is 12.2. The van der Waals surface area contributed by atoms with Gasteiger partial charge in [0, 0.05) is 13.1 Å². The molecule has 0 atom stereocenters. The Morgan fingerprint density at radius 2 is 2.21 bits per heavy atom. The van der Waals surface area contributed by atoms with Gasteiger partial charge in [0.05, 0.1) is 11.9 Å². The van der Waals surface area contributed by atoms with Gasteiger partial charge in [-0.05, 0) is 17.5 Å². The molecule has 2 heterocycles. The number of aromatic amines is 1. The molecule has 3 rings (SSSR count). The largest absolute Gasteiger partial charge is 0.337 e. The van der Waals surface area contributed by atoms with E-state index in [1.165, 1.54) is 22.9 Å². The number of carbonyl (C=O) groups excluding carboxylic acids is 1. The van der Waals surface area contributed by atoms with Gasteiger partial charge in [-0.15, -0.1) is 5.10 Å². The normalized spacial score (nSPS) is 14.2. The van der Waals surface area contributed by atoms with Crippen LogP contribution in [0.3, 0.4) is 0 Å². The van der Waals surface area contributed by atoms with Crippen LogP contribution in [0.1, 0.15) is 11.1 Å². The van der Waals surface area contributed by atoms with E-state index in [0.717, 1.165) is 18.0 Å². The number of carbonyl (C=O) groups is 1. The second kappa shape index (κ2) is 5.44. The summed E-state index contributed by atoms with van der Waals surface area (Å²) in [5.41, 5.74) is 2.62. The van der Waals surface area contributed by atoms with Crippen molar-refractivity contribution in [1.82, 2.24) is 20.3 Å². The molecule has 1 aromatic carbocycles. The molecular formula is C13H14N4OS. The molecule has 0 radical (unpaired) electrons. The molecule has 0 fully saturated rings. The second-order valence-electron chi connectivity index (χ2n) is 4.43. The number of fused-ring (bicyclic) bond motifs is 1. The van der Waals surface area contributed by atoms with Crippen molar-refractivity contribution < 1.29 is 4.79 Å². The number of nitrogens with one attached hydrogen (secondary N) is 1. The first-order chi connectivity index (χ1) is 9.33. The number of rotatable bonds is 3. The van der Waals surface area contributed by atoms with Crippen molar-refractivity contribution >= 4 is 17.7 Å². The molecule has 19 heavy (non-hydrogen) atoms. The fourth-order valence-corrected chi connectivity index (χ4v) is 2.88. The van der Waals surface area contributed by atoms with Crippen LogP contribution in [0.2, 0.25) is 0 Å². The van der Waals surface area contributed by atoms with Gasteiger partial charge in [0.25, 0.3) is 0 Å². The van der Waals surface area contributed by atoms with Gasteiger partial charge in [0.1, 0.15) is 5.03 Å². The smallest absolute Gasteiger partial charge is 0.233 e. The van der Waals surface area contributed by atoms with Crippen molar-refractivity contribution in [1.29, 1.82) is 0 Å². The van der Waals surface area contributed by atoms with Crippen molar-refractivity contribution in [3.8, 4) is 0 Å². The van der Waals surface area contributed by atoms with Gasteiger partial charge < -0.3 is 4.90 Å². The third-order valence-corrected chi connectivity index (χ3v) is 4.10. The summed E-state index contributed by atoms with van der Waals surface area (Å²) < 4.78 is 0. The Hall–Kier alpha value is -1.82. The van der Waals surface area contributed by atoms with E-state index < -0.39 is 0 Å². The van der Waals surface area contributed by atoms with Crippen LogP contribution in [-0.4, -0.2) is 38.5 Å². The molecule has 0 aliphatic carbocycles. The minimum Gasteiger partial charge on any atom is -0.337 e. The first-order valence-electron chi connectivity index (χ1n) is 6.16. The molecule has 98 valence electrons. The maximum Gasteiger partial charge on any atom is 0.233 e. The van der Waals surface area contributed by atoms with Crippen LogP contribution >= 0.6 is 11.8 Å². The number of hydrogen-bond acceptors (Lipinski definition) is 4. The third kappa shape index (κ3) is 2.78. The zero-order chi connectivity index (χ0) is 13.1. The Labute approximate surface area is 115 Å². The van der Waals surface area contributed by atoms with E-state index in [1.807, 2.05) is 11.0 Å². The van der Waals surface area contributed by atoms with E-state index >= 15 is 0 Å². The highest BCUT2D eigenvalue weighted by Gasteiger charge is 2.20. The van der Waals surface area contributed by atoms with Gasteiger partial charge in [-0.3, -0.25) is 4.79 Å². The average molecular weight is 274 g/mol. The molecule has 0 unspecified atom stereocenters. The number of thioether (sulfide) groups is 1. The molecule has 1 aliphatic heterocycles. The number of H-pyrrole nitrogens is 1. The van der Waals surface area contributed by atoms with Crippen molar-refractivity contribution in [2.24, 2.45) is 0 Å². The van der Waals surface area contributed by atoms with Crippen LogP contribution in [0, 0.1) is 0 Å². The van der Waals surface area contributed by atoms with E-state index in [4.69, 9.17) is 0 Å². The van der Waals surface area contributed by atoms with E-state index in [0.29, 0.717) is 12.3 Å². The van der Waals surface area contributed by atoms with Crippen molar-refractivity contribution in [3.05, 3.63) is 41.6 Å². The molecule has 1 aliphatic rings. The number of benzene rings is 1. The monoisotopic (exact) mass is 274 g/mol. The predicted molar refractivity (Wildman–Crippen MR) is 72.7 cm³/mol. The fraction of sp³-hybridized carbons (Fsp3) is 0.308. The van der Waals surface area contributed by atoms with Gasteiger partial charge in [0.2, 0.25) is 5.91 Å². The number of amides is 1. The van der Waals surface area contributed by atoms with Gasteiger partial charge in [-0.25, -0.2) is 0 Å². The highest BCUT2D eigenvalue weighted by molar-refractivity contribution is 7.99. The van der Waals surface area contributed by atoms with Gasteiger partial charge in [-0.1, -0.05) is 36.0 Å². The highest BCUT2D eigenvalue weighted by Crippen LogP contribution is 2.20. The van der Waals surface area contributed by atoms with Crippen LogP contribution < -0.4 is 0 Å². The van der Waals surface area contributed by atoms with Gasteiger partial charge in [-0.2, -0.15) is 10.3 Å². The SMILES string of the molecule is O=C(CSc1cn[nH]n1)N1CCc2ccccc2C1. The van der Waals surface area contributed by atoms with Gasteiger partial charge >= 0.3 is 0 Å². The maximum atomic E-state index is 12.1. The quantitative estimate of drug-likeness (QED) is 0.861. The van der Waals surface area contributed by atoms with Crippen LogP contribution in [0.15, 0.2) is 35.5 Å². The fourth-order valence-electron chi connectivity index (χ4n) is 2.20. The summed E-state index contributed by atoms with van der Waals surface area (Å²) in [6.45, 7) is 1.52. The minimum atomic E-state index is 0.155. The summed E-state index contributed by atoms with van der Waals surface area (Å²) in [6.07, 6.45) is 2.57. The first-order valence-corrected chi connectivity index (χ1v) is 7.14. The van der Waals surface area contributed by atoms with Crippen LogP contribution in [0.4, 0.5) is 0 Å². The lowest BCUT2D eigenvalue weighted by Crippen LogP contribution is -2.37. The van der Waals surface area contributed by atoms with E-state index in [-0.39, 0.29) is 5.91 Å².